The van der Waals surface area contributed by atoms with Crippen LogP contribution in [0.15, 0.2) is 48.5 Å². The van der Waals surface area contributed by atoms with Crippen molar-refractivity contribution in [2.45, 2.75) is 13.8 Å². The second-order valence-corrected chi connectivity index (χ2v) is 5.29. The molecule has 2 rings (SSSR count). The van der Waals surface area contributed by atoms with Gasteiger partial charge in [0.15, 0.2) is 0 Å². The van der Waals surface area contributed by atoms with E-state index >= 15 is 0 Å². The highest BCUT2D eigenvalue weighted by Gasteiger charge is 2.11. The molecule has 0 aromatic heterocycles. The molecule has 4 heteroatoms. The van der Waals surface area contributed by atoms with Crippen LogP contribution in [0.5, 0.6) is 0 Å². The molecule has 0 atom stereocenters. The first-order valence-corrected chi connectivity index (χ1v) is 7.34. The van der Waals surface area contributed by atoms with Crippen molar-refractivity contribution in [1.29, 1.82) is 0 Å². The maximum atomic E-state index is 12.2. The van der Waals surface area contributed by atoms with Crippen LogP contribution in [0.4, 0.5) is 11.4 Å². The lowest BCUT2D eigenvalue weighted by Gasteiger charge is -2.22. The van der Waals surface area contributed by atoms with Crippen LogP contribution in [0.2, 0.25) is 5.02 Å². The van der Waals surface area contributed by atoms with Crippen molar-refractivity contribution in [3.05, 3.63) is 59.1 Å². The van der Waals surface area contributed by atoms with Gasteiger partial charge in [-0.05, 0) is 49.7 Å². The molecule has 1 N–H and O–H groups in total. The number of carbonyl (C=O) groups excluding carboxylic acids is 1. The molecular weight excluding hydrogens is 284 g/mol. The number of halogens is 1. The first kappa shape index (κ1) is 15.4. The summed E-state index contributed by atoms with van der Waals surface area (Å²) in [6.07, 6.45) is 0. The van der Waals surface area contributed by atoms with Gasteiger partial charge in [0.05, 0.1) is 6.54 Å². The van der Waals surface area contributed by atoms with E-state index in [4.69, 9.17) is 11.6 Å². The van der Waals surface area contributed by atoms with E-state index in [0.717, 1.165) is 23.5 Å². The molecule has 0 saturated heterocycles. The number of carbonyl (C=O) groups is 1. The van der Waals surface area contributed by atoms with Gasteiger partial charge in [-0.2, -0.15) is 0 Å². The third kappa shape index (κ3) is 4.23. The van der Waals surface area contributed by atoms with E-state index in [2.05, 4.69) is 5.32 Å². The zero-order valence-corrected chi connectivity index (χ0v) is 13.0. The Labute approximate surface area is 130 Å². The molecule has 0 unspecified atom stereocenters. The van der Waals surface area contributed by atoms with Crippen LogP contribution < -0.4 is 10.2 Å². The van der Waals surface area contributed by atoms with E-state index in [-0.39, 0.29) is 5.91 Å². The fourth-order valence-corrected chi connectivity index (χ4v) is 2.38. The summed E-state index contributed by atoms with van der Waals surface area (Å²) in [7, 11) is 0. The summed E-state index contributed by atoms with van der Waals surface area (Å²) >= 11 is 5.92. The van der Waals surface area contributed by atoms with E-state index < -0.39 is 0 Å². The van der Waals surface area contributed by atoms with E-state index in [1.54, 1.807) is 6.07 Å². The van der Waals surface area contributed by atoms with Crippen molar-refractivity contribution in [3.8, 4) is 0 Å². The molecule has 110 valence electrons. The average molecular weight is 303 g/mol. The number of benzene rings is 2. The Bertz CT molecular complexity index is 613. The van der Waals surface area contributed by atoms with E-state index in [1.807, 2.05) is 61.2 Å². The number of nitrogens with one attached hydrogen (secondary N) is 1. The largest absolute Gasteiger partial charge is 0.362 e. The molecule has 0 spiro atoms. The second-order valence-electron chi connectivity index (χ2n) is 4.86. The molecule has 0 aliphatic heterocycles. The smallest absolute Gasteiger partial charge is 0.243 e. The Hall–Kier alpha value is -2.00. The lowest BCUT2D eigenvalue weighted by atomic mass is 10.2. The maximum absolute atomic E-state index is 12.2. The zero-order valence-electron chi connectivity index (χ0n) is 12.3. The summed E-state index contributed by atoms with van der Waals surface area (Å²) in [6, 6.07) is 15.4. The highest BCUT2D eigenvalue weighted by molar-refractivity contribution is 6.30. The van der Waals surface area contributed by atoms with Gasteiger partial charge in [-0.1, -0.05) is 29.8 Å². The third-order valence-corrected chi connectivity index (χ3v) is 3.54. The lowest BCUT2D eigenvalue weighted by Crippen LogP contribution is -2.33. The maximum Gasteiger partial charge on any atom is 0.243 e. The van der Waals surface area contributed by atoms with E-state index in [1.165, 1.54) is 0 Å². The standard InChI is InChI=1S/C17H19ClN2O/c1-3-20(15-7-5-4-6-8-15)12-17(21)19-16-10-9-14(18)11-13(16)2/h4-11H,3,12H2,1-2H3,(H,19,21). The van der Waals surface area contributed by atoms with Crippen LogP contribution in [0.3, 0.4) is 0 Å². The monoisotopic (exact) mass is 302 g/mol. The third-order valence-electron chi connectivity index (χ3n) is 3.30. The Kier molecular flexibility index (Phi) is 5.23. The summed E-state index contributed by atoms with van der Waals surface area (Å²) in [5, 5.41) is 3.60. The average Bonchev–Trinajstić information content (AvgIpc) is 2.48. The van der Waals surface area contributed by atoms with Gasteiger partial charge >= 0.3 is 0 Å². The fraction of sp³-hybridized carbons (Fsp3) is 0.235. The molecule has 0 fully saturated rings. The van der Waals surface area contributed by atoms with Gasteiger partial charge in [-0.15, -0.1) is 0 Å². The molecule has 21 heavy (non-hydrogen) atoms. The predicted molar refractivity (Wildman–Crippen MR) is 89.1 cm³/mol. The van der Waals surface area contributed by atoms with Gasteiger partial charge in [-0.3, -0.25) is 4.79 Å². The minimum atomic E-state index is -0.0360. The molecular formula is C17H19ClN2O. The topological polar surface area (TPSA) is 32.3 Å². The molecule has 1 amide bonds. The fourth-order valence-electron chi connectivity index (χ4n) is 2.15. The minimum Gasteiger partial charge on any atom is -0.362 e. The van der Waals surface area contributed by atoms with Crippen molar-refractivity contribution in [3.63, 3.8) is 0 Å². The van der Waals surface area contributed by atoms with Crippen LogP contribution >= 0.6 is 11.6 Å². The van der Waals surface area contributed by atoms with Gasteiger partial charge < -0.3 is 10.2 Å². The Morgan fingerprint density at radius 3 is 2.52 bits per heavy atom. The van der Waals surface area contributed by atoms with Crippen LogP contribution in [-0.2, 0) is 4.79 Å². The zero-order chi connectivity index (χ0) is 15.2. The quantitative estimate of drug-likeness (QED) is 0.901. The second kappa shape index (κ2) is 7.14. The summed E-state index contributed by atoms with van der Waals surface area (Å²) < 4.78 is 0. The van der Waals surface area contributed by atoms with Crippen LogP contribution in [0.25, 0.3) is 0 Å². The number of hydrogen-bond donors (Lipinski definition) is 1. The summed E-state index contributed by atoms with van der Waals surface area (Å²) in [4.78, 5) is 14.2. The van der Waals surface area contributed by atoms with E-state index in [9.17, 15) is 4.79 Å². The normalized spacial score (nSPS) is 10.2. The minimum absolute atomic E-state index is 0.0360. The number of para-hydroxylation sites is 1. The number of rotatable bonds is 5. The molecule has 0 heterocycles. The van der Waals surface area contributed by atoms with Gasteiger partial charge in [0.1, 0.15) is 0 Å². The van der Waals surface area contributed by atoms with Crippen molar-refractivity contribution >= 4 is 28.9 Å². The first-order chi connectivity index (χ1) is 10.1. The molecule has 0 radical (unpaired) electrons. The number of nitrogens with zero attached hydrogens (tertiary/aromatic N) is 1. The Balaban J connectivity index is 2.03. The van der Waals surface area contributed by atoms with Gasteiger partial charge in [-0.25, -0.2) is 0 Å². The van der Waals surface area contributed by atoms with Gasteiger partial charge in [0.2, 0.25) is 5.91 Å². The number of amides is 1. The van der Waals surface area contributed by atoms with Crippen molar-refractivity contribution in [2.24, 2.45) is 0 Å². The number of anilines is 2. The predicted octanol–water partition coefficient (Wildman–Crippen LogP) is 4.11. The highest BCUT2D eigenvalue weighted by atomic mass is 35.5. The Morgan fingerprint density at radius 1 is 1.19 bits per heavy atom. The molecule has 3 nitrogen and oxygen atoms in total. The van der Waals surface area contributed by atoms with Gasteiger partial charge in [0.25, 0.3) is 0 Å². The summed E-state index contributed by atoms with van der Waals surface area (Å²) in [6.45, 7) is 5.06. The first-order valence-electron chi connectivity index (χ1n) is 6.96. The van der Waals surface area contributed by atoms with Crippen molar-refractivity contribution < 1.29 is 4.79 Å². The molecule has 0 aliphatic carbocycles. The van der Waals surface area contributed by atoms with Crippen LogP contribution in [0, 0.1) is 6.92 Å². The van der Waals surface area contributed by atoms with Crippen LogP contribution in [-0.4, -0.2) is 19.0 Å². The molecule has 2 aromatic rings. The Morgan fingerprint density at radius 2 is 1.90 bits per heavy atom. The lowest BCUT2D eigenvalue weighted by molar-refractivity contribution is -0.115. The molecule has 2 aromatic carbocycles. The summed E-state index contributed by atoms with van der Waals surface area (Å²) in [5.41, 5.74) is 2.80. The highest BCUT2D eigenvalue weighted by Crippen LogP contribution is 2.20. The number of aryl methyl sites for hydroxylation is 1. The van der Waals surface area contributed by atoms with Crippen LogP contribution in [0.1, 0.15) is 12.5 Å². The molecule has 0 saturated carbocycles. The molecule has 0 bridgehead atoms. The van der Waals surface area contributed by atoms with Gasteiger partial charge in [0, 0.05) is 22.9 Å². The SMILES string of the molecule is CCN(CC(=O)Nc1ccc(Cl)cc1C)c1ccccc1. The number of likely N-dealkylation sites (N-methyl/N-ethyl adjacent to an activating group) is 1. The van der Waals surface area contributed by atoms with Crippen molar-refractivity contribution in [1.82, 2.24) is 0 Å². The van der Waals surface area contributed by atoms with E-state index in [0.29, 0.717) is 11.6 Å². The summed E-state index contributed by atoms with van der Waals surface area (Å²) in [5.74, 6) is -0.0360. The van der Waals surface area contributed by atoms with Crippen molar-refractivity contribution in [2.75, 3.05) is 23.3 Å². The number of hydrogen-bond acceptors (Lipinski definition) is 2. The molecule has 0 aliphatic rings.